The van der Waals surface area contributed by atoms with Crippen LogP contribution in [0.1, 0.15) is 17.5 Å². The van der Waals surface area contributed by atoms with E-state index in [0.29, 0.717) is 12.0 Å². The summed E-state index contributed by atoms with van der Waals surface area (Å²) in [4.78, 5) is 0. The first-order valence-electron chi connectivity index (χ1n) is 6.08. The predicted octanol–water partition coefficient (Wildman–Crippen LogP) is 2.16. The van der Waals surface area contributed by atoms with Crippen LogP contribution in [0.3, 0.4) is 0 Å². The molecule has 2 heteroatoms. The zero-order chi connectivity index (χ0) is 11.4. The molecule has 2 atom stereocenters. The fraction of sp³-hybridized carbons (Fsp3) is 0.571. The molecule has 88 valence electrons. The maximum Gasteiger partial charge on any atom is 0.0626 e. The smallest absolute Gasteiger partial charge is 0.0626 e. The van der Waals surface area contributed by atoms with Crippen LogP contribution in [-0.4, -0.2) is 26.3 Å². The molecule has 1 aliphatic rings. The van der Waals surface area contributed by atoms with E-state index in [1.54, 1.807) is 0 Å². The number of nitrogens with one attached hydrogen (secondary N) is 1. The quantitative estimate of drug-likeness (QED) is 0.841. The van der Waals surface area contributed by atoms with Gasteiger partial charge >= 0.3 is 0 Å². The summed E-state index contributed by atoms with van der Waals surface area (Å²) in [5.74, 6) is 0.612. The van der Waals surface area contributed by atoms with E-state index in [4.69, 9.17) is 4.74 Å². The van der Waals surface area contributed by atoms with Crippen LogP contribution in [0.4, 0.5) is 0 Å². The lowest BCUT2D eigenvalue weighted by Gasteiger charge is -2.31. The first-order chi connectivity index (χ1) is 7.79. The summed E-state index contributed by atoms with van der Waals surface area (Å²) in [6.07, 6.45) is 2.67. The molecule has 1 aliphatic heterocycles. The molecule has 1 aromatic carbocycles. The maximum absolute atomic E-state index is 5.56. The molecular weight excluding hydrogens is 198 g/mol. The van der Waals surface area contributed by atoms with E-state index in [2.05, 4.69) is 36.5 Å². The molecular formula is C14H21NO. The van der Waals surface area contributed by atoms with E-state index in [-0.39, 0.29) is 0 Å². The summed E-state index contributed by atoms with van der Waals surface area (Å²) in [5.41, 5.74) is 2.75. The van der Waals surface area contributed by atoms with E-state index in [1.807, 2.05) is 7.11 Å². The molecule has 0 aliphatic carbocycles. The normalized spacial score (nSPS) is 25.6. The molecule has 0 amide bonds. The molecule has 0 unspecified atom stereocenters. The van der Waals surface area contributed by atoms with Gasteiger partial charge < -0.3 is 10.1 Å². The molecule has 1 heterocycles. The van der Waals surface area contributed by atoms with Crippen molar-refractivity contribution in [2.75, 3.05) is 20.2 Å². The molecule has 2 rings (SSSR count). The van der Waals surface area contributed by atoms with Crippen LogP contribution in [0, 0.1) is 12.8 Å². The zero-order valence-corrected chi connectivity index (χ0v) is 10.2. The van der Waals surface area contributed by atoms with Crippen LogP contribution >= 0.6 is 0 Å². The lowest BCUT2D eigenvalue weighted by Crippen LogP contribution is -2.41. The minimum absolute atomic E-state index is 0.419. The highest BCUT2D eigenvalue weighted by Gasteiger charge is 2.24. The van der Waals surface area contributed by atoms with Crippen LogP contribution in [-0.2, 0) is 11.2 Å². The number of ether oxygens (including phenoxy) is 1. The van der Waals surface area contributed by atoms with Gasteiger partial charge in [0, 0.05) is 19.6 Å². The molecule has 0 radical (unpaired) electrons. The second-order valence-corrected chi connectivity index (χ2v) is 4.72. The molecule has 0 aromatic heterocycles. The Bertz CT molecular complexity index is 320. The first-order valence-corrected chi connectivity index (χ1v) is 6.08. The van der Waals surface area contributed by atoms with Gasteiger partial charge in [-0.3, -0.25) is 0 Å². The van der Waals surface area contributed by atoms with Gasteiger partial charge in [0.1, 0.15) is 0 Å². The minimum Gasteiger partial charge on any atom is -0.381 e. The van der Waals surface area contributed by atoms with Gasteiger partial charge in [-0.25, -0.2) is 0 Å². The average Bonchev–Trinajstić information content (AvgIpc) is 2.33. The van der Waals surface area contributed by atoms with Gasteiger partial charge in [0.05, 0.1) is 6.10 Å². The topological polar surface area (TPSA) is 21.3 Å². The number of hydrogen-bond acceptors (Lipinski definition) is 2. The largest absolute Gasteiger partial charge is 0.381 e. The van der Waals surface area contributed by atoms with Crippen LogP contribution < -0.4 is 5.32 Å². The summed E-state index contributed by atoms with van der Waals surface area (Å²) >= 11 is 0. The third-order valence-corrected chi connectivity index (χ3v) is 3.46. The maximum atomic E-state index is 5.56. The van der Waals surface area contributed by atoms with Crippen molar-refractivity contribution in [1.29, 1.82) is 0 Å². The summed E-state index contributed by atoms with van der Waals surface area (Å²) < 4.78 is 5.56. The van der Waals surface area contributed by atoms with Gasteiger partial charge in [-0.05, 0) is 31.9 Å². The summed E-state index contributed by atoms with van der Waals surface area (Å²) in [5, 5.41) is 3.45. The number of hydrogen-bond donors (Lipinski definition) is 1. The Labute approximate surface area is 98.0 Å². The highest BCUT2D eigenvalue weighted by atomic mass is 16.5. The Balaban J connectivity index is 1.99. The predicted molar refractivity (Wildman–Crippen MR) is 66.7 cm³/mol. The van der Waals surface area contributed by atoms with Crippen molar-refractivity contribution < 1.29 is 4.74 Å². The molecule has 0 saturated carbocycles. The second-order valence-electron chi connectivity index (χ2n) is 4.72. The van der Waals surface area contributed by atoms with E-state index < -0.39 is 0 Å². The van der Waals surface area contributed by atoms with Gasteiger partial charge in [-0.1, -0.05) is 29.8 Å². The lowest BCUT2D eigenvalue weighted by molar-refractivity contribution is 0.0311. The Hall–Kier alpha value is -0.860. The average molecular weight is 219 g/mol. The second kappa shape index (κ2) is 5.46. The lowest BCUT2D eigenvalue weighted by atomic mass is 9.89. The third kappa shape index (κ3) is 2.83. The fourth-order valence-corrected chi connectivity index (χ4v) is 2.44. The third-order valence-electron chi connectivity index (χ3n) is 3.46. The van der Waals surface area contributed by atoms with Crippen LogP contribution in [0.2, 0.25) is 0 Å². The van der Waals surface area contributed by atoms with Crippen molar-refractivity contribution in [3.8, 4) is 0 Å². The van der Waals surface area contributed by atoms with Crippen molar-refractivity contribution >= 4 is 0 Å². The standard InChI is InChI=1S/C14H21NO/c1-11-3-5-12(6-4-11)9-13-10-15-8-7-14(13)16-2/h3-6,13-15H,7-10H2,1-2H3/t13-,14+/m1/s1. The summed E-state index contributed by atoms with van der Waals surface area (Å²) in [6.45, 7) is 4.29. The Morgan fingerprint density at radius 2 is 2.06 bits per heavy atom. The van der Waals surface area contributed by atoms with Gasteiger partial charge in [0.25, 0.3) is 0 Å². The number of piperidine rings is 1. The molecule has 0 spiro atoms. The number of rotatable bonds is 3. The van der Waals surface area contributed by atoms with Crippen molar-refractivity contribution in [1.82, 2.24) is 5.32 Å². The molecule has 1 fully saturated rings. The molecule has 1 N–H and O–H groups in total. The molecule has 2 nitrogen and oxygen atoms in total. The molecule has 0 bridgehead atoms. The first kappa shape index (κ1) is 11.6. The number of methoxy groups -OCH3 is 1. The van der Waals surface area contributed by atoms with E-state index in [1.165, 1.54) is 11.1 Å². The molecule has 1 aromatic rings. The highest BCUT2D eigenvalue weighted by Crippen LogP contribution is 2.19. The van der Waals surface area contributed by atoms with Gasteiger partial charge in [-0.15, -0.1) is 0 Å². The van der Waals surface area contributed by atoms with Crippen LogP contribution in [0.5, 0.6) is 0 Å². The van der Waals surface area contributed by atoms with Crippen LogP contribution in [0.15, 0.2) is 24.3 Å². The Kier molecular flexibility index (Phi) is 3.97. The van der Waals surface area contributed by atoms with Crippen LogP contribution in [0.25, 0.3) is 0 Å². The van der Waals surface area contributed by atoms with Crippen molar-refractivity contribution in [2.45, 2.75) is 25.9 Å². The highest BCUT2D eigenvalue weighted by molar-refractivity contribution is 5.22. The van der Waals surface area contributed by atoms with E-state index in [0.717, 1.165) is 25.9 Å². The van der Waals surface area contributed by atoms with Gasteiger partial charge in [0.2, 0.25) is 0 Å². The minimum atomic E-state index is 0.419. The van der Waals surface area contributed by atoms with E-state index in [9.17, 15) is 0 Å². The SMILES string of the molecule is CO[C@H]1CCNC[C@H]1Cc1ccc(C)cc1. The fourth-order valence-electron chi connectivity index (χ4n) is 2.44. The van der Waals surface area contributed by atoms with Crippen molar-refractivity contribution in [2.24, 2.45) is 5.92 Å². The van der Waals surface area contributed by atoms with Crippen molar-refractivity contribution in [3.63, 3.8) is 0 Å². The van der Waals surface area contributed by atoms with Gasteiger partial charge in [0.15, 0.2) is 0 Å². The zero-order valence-electron chi connectivity index (χ0n) is 10.2. The number of aryl methyl sites for hydroxylation is 1. The molecule has 1 saturated heterocycles. The molecule has 16 heavy (non-hydrogen) atoms. The summed E-state index contributed by atoms with van der Waals surface area (Å²) in [7, 11) is 1.83. The summed E-state index contributed by atoms with van der Waals surface area (Å²) in [6, 6.07) is 8.84. The monoisotopic (exact) mass is 219 g/mol. The van der Waals surface area contributed by atoms with Crippen molar-refractivity contribution in [3.05, 3.63) is 35.4 Å². The number of benzene rings is 1. The van der Waals surface area contributed by atoms with Gasteiger partial charge in [-0.2, -0.15) is 0 Å². The van der Waals surface area contributed by atoms with E-state index >= 15 is 0 Å². The Morgan fingerprint density at radius 3 is 2.75 bits per heavy atom. The Morgan fingerprint density at radius 1 is 1.31 bits per heavy atom.